The minimum absolute atomic E-state index is 0.0258. The normalized spacial score (nSPS) is 18.1. The van der Waals surface area contributed by atoms with Gasteiger partial charge < -0.3 is 5.32 Å². The van der Waals surface area contributed by atoms with Gasteiger partial charge in [-0.3, -0.25) is 9.69 Å². The van der Waals surface area contributed by atoms with Gasteiger partial charge in [-0.1, -0.05) is 35.3 Å². The maximum atomic E-state index is 13.0. The Hall–Kier alpha value is -1.62. The molecule has 1 N–H and O–H groups in total. The molecule has 0 aliphatic carbocycles. The highest BCUT2D eigenvalue weighted by atomic mass is 35.5. The Balaban J connectivity index is 1.60. The zero-order chi connectivity index (χ0) is 17.8. The first-order chi connectivity index (χ1) is 12.0. The Labute approximate surface area is 156 Å². The number of anilines is 1. The number of rotatable bonds is 4. The summed E-state index contributed by atoms with van der Waals surface area (Å²) in [4.78, 5) is 14.8. The van der Waals surface area contributed by atoms with Crippen molar-refractivity contribution in [1.82, 2.24) is 4.90 Å². The summed E-state index contributed by atoms with van der Waals surface area (Å²) in [6, 6.07) is 11.5. The van der Waals surface area contributed by atoms with Crippen molar-refractivity contribution >= 4 is 34.8 Å². The van der Waals surface area contributed by atoms with E-state index in [1.54, 1.807) is 30.3 Å². The number of likely N-dealkylation sites (tertiary alicyclic amines) is 1. The number of carbonyl (C=O) groups is 1. The molecule has 0 unspecified atom stereocenters. The molecule has 1 aliphatic heterocycles. The minimum Gasteiger partial charge on any atom is -0.326 e. The van der Waals surface area contributed by atoms with Gasteiger partial charge in [-0.2, -0.15) is 0 Å². The predicted octanol–water partition coefficient (Wildman–Crippen LogP) is 4.98. The van der Waals surface area contributed by atoms with Crippen LogP contribution in [0.5, 0.6) is 0 Å². The molecule has 0 aromatic heterocycles. The molecule has 0 spiro atoms. The van der Waals surface area contributed by atoms with Gasteiger partial charge in [-0.15, -0.1) is 0 Å². The van der Waals surface area contributed by atoms with Crippen LogP contribution in [0.2, 0.25) is 10.0 Å². The van der Waals surface area contributed by atoms with Gasteiger partial charge in [0.25, 0.3) is 0 Å². The molecular weight excluding hydrogens is 362 g/mol. The second-order valence-corrected chi connectivity index (χ2v) is 7.22. The van der Waals surface area contributed by atoms with Gasteiger partial charge in [0, 0.05) is 28.8 Å². The van der Waals surface area contributed by atoms with Crippen molar-refractivity contribution in [3.8, 4) is 0 Å². The Morgan fingerprint density at radius 2 is 1.84 bits per heavy atom. The molecule has 1 fully saturated rings. The average molecular weight is 381 g/mol. The molecule has 132 valence electrons. The van der Waals surface area contributed by atoms with Crippen LogP contribution >= 0.6 is 23.2 Å². The third-order valence-corrected chi connectivity index (χ3v) is 4.76. The number of carbonyl (C=O) groups excluding carboxylic acids is 1. The number of halogens is 3. The first-order valence-electron chi connectivity index (χ1n) is 8.23. The van der Waals surface area contributed by atoms with Crippen LogP contribution in [-0.2, 0) is 11.3 Å². The fourth-order valence-electron chi connectivity index (χ4n) is 3.13. The fraction of sp³-hybridized carbons (Fsp3) is 0.316. The van der Waals surface area contributed by atoms with Gasteiger partial charge in [0.15, 0.2) is 0 Å². The van der Waals surface area contributed by atoms with Crippen LogP contribution in [0.4, 0.5) is 10.1 Å². The summed E-state index contributed by atoms with van der Waals surface area (Å²) in [6.07, 6.45) is 1.80. The molecule has 1 aliphatic rings. The maximum Gasteiger partial charge on any atom is 0.228 e. The summed E-state index contributed by atoms with van der Waals surface area (Å²) in [7, 11) is 0. The van der Waals surface area contributed by atoms with Crippen LogP contribution in [0.25, 0.3) is 0 Å². The van der Waals surface area contributed by atoms with Gasteiger partial charge in [0.05, 0.1) is 5.92 Å². The average Bonchev–Trinajstić information content (AvgIpc) is 2.56. The molecule has 2 aromatic carbocycles. The number of nitrogens with one attached hydrogen (secondary N) is 1. The number of nitrogens with zero attached hydrogens (tertiary/aromatic N) is 1. The molecule has 0 bridgehead atoms. The highest BCUT2D eigenvalue weighted by Gasteiger charge is 2.26. The molecule has 0 radical (unpaired) electrons. The van der Waals surface area contributed by atoms with Crippen molar-refractivity contribution in [2.45, 2.75) is 19.4 Å². The fourth-order valence-corrected chi connectivity index (χ4v) is 3.66. The lowest BCUT2D eigenvalue weighted by Gasteiger charge is -2.32. The highest BCUT2D eigenvalue weighted by Crippen LogP contribution is 2.25. The number of hydrogen-bond acceptors (Lipinski definition) is 2. The van der Waals surface area contributed by atoms with E-state index in [1.165, 1.54) is 12.1 Å². The zero-order valence-corrected chi connectivity index (χ0v) is 15.2. The zero-order valence-electron chi connectivity index (χ0n) is 13.6. The van der Waals surface area contributed by atoms with E-state index in [0.29, 0.717) is 28.8 Å². The number of hydrogen-bond donors (Lipinski definition) is 1. The van der Waals surface area contributed by atoms with E-state index in [9.17, 15) is 9.18 Å². The Morgan fingerprint density at radius 1 is 1.16 bits per heavy atom. The largest absolute Gasteiger partial charge is 0.326 e. The van der Waals surface area contributed by atoms with E-state index in [1.807, 2.05) is 0 Å². The molecule has 2 aromatic rings. The summed E-state index contributed by atoms with van der Waals surface area (Å²) in [5, 5.41) is 3.88. The standard InChI is InChI=1S/C19H19Cl2FN2O/c20-15-8-16(21)10-18(9-15)23-19(25)14-2-1-7-24(12-14)11-13-3-5-17(22)6-4-13/h3-6,8-10,14H,1-2,7,11-12H2,(H,23,25)/t14-/m0/s1. The minimum atomic E-state index is -0.236. The van der Waals surface area contributed by atoms with Crippen LogP contribution < -0.4 is 5.32 Å². The molecule has 25 heavy (non-hydrogen) atoms. The number of benzene rings is 2. The van der Waals surface area contributed by atoms with E-state index in [4.69, 9.17) is 23.2 Å². The molecule has 1 atom stereocenters. The van der Waals surface area contributed by atoms with Crippen LogP contribution in [0.3, 0.4) is 0 Å². The topological polar surface area (TPSA) is 32.3 Å². The van der Waals surface area contributed by atoms with E-state index in [-0.39, 0.29) is 17.6 Å². The van der Waals surface area contributed by atoms with Crippen molar-refractivity contribution in [2.24, 2.45) is 5.92 Å². The van der Waals surface area contributed by atoms with Crippen LogP contribution in [0.1, 0.15) is 18.4 Å². The monoisotopic (exact) mass is 380 g/mol. The smallest absolute Gasteiger partial charge is 0.228 e. The van der Waals surface area contributed by atoms with Gasteiger partial charge in [-0.25, -0.2) is 4.39 Å². The van der Waals surface area contributed by atoms with Crippen LogP contribution in [-0.4, -0.2) is 23.9 Å². The van der Waals surface area contributed by atoms with Gasteiger partial charge in [0.1, 0.15) is 5.82 Å². The summed E-state index contributed by atoms with van der Waals surface area (Å²) in [5.41, 5.74) is 1.65. The maximum absolute atomic E-state index is 13.0. The lowest BCUT2D eigenvalue weighted by atomic mass is 9.96. The van der Waals surface area contributed by atoms with E-state index in [0.717, 1.165) is 24.9 Å². The van der Waals surface area contributed by atoms with Gasteiger partial charge >= 0.3 is 0 Å². The lowest BCUT2D eigenvalue weighted by Crippen LogP contribution is -2.40. The molecule has 1 heterocycles. The van der Waals surface area contributed by atoms with E-state index >= 15 is 0 Å². The molecule has 0 saturated carbocycles. The summed E-state index contributed by atoms with van der Waals surface area (Å²) in [5.74, 6) is -0.353. The molecule has 1 amide bonds. The van der Waals surface area contributed by atoms with Crippen LogP contribution in [0, 0.1) is 11.7 Å². The van der Waals surface area contributed by atoms with Crippen molar-refractivity contribution in [2.75, 3.05) is 18.4 Å². The van der Waals surface area contributed by atoms with E-state index < -0.39 is 0 Å². The number of piperidine rings is 1. The second kappa shape index (κ2) is 8.17. The van der Waals surface area contributed by atoms with E-state index in [2.05, 4.69) is 10.2 Å². The third-order valence-electron chi connectivity index (χ3n) is 4.33. The Kier molecular flexibility index (Phi) is 5.94. The first kappa shape index (κ1) is 18.2. The molecule has 3 nitrogen and oxygen atoms in total. The van der Waals surface area contributed by atoms with Crippen molar-refractivity contribution in [1.29, 1.82) is 0 Å². The molecule has 6 heteroatoms. The first-order valence-corrected chi connectivity index (χ1v) is 8.99. The van der Waals surface area contributed by atoms with Crippen LogP contribution in [0.15, 0.2) is 42.5 Å². The molecular formula is C19H19Cl2FN2O. The lowest BCUT2D eigenvalue weighted by molar-refractivity contribution is -0.121. The van der Waals surface area contributed by atoms with Crippen molar-refractivity contribution in [3.05, 3.63) is 63.9 Å². The SMILES string of the molecule is O=C(Nc1cc(Cl)cc(Cl)c1)[C@H]1CCCN(Cc2ccc(F)cc2)C1. The number of amides is 1. The highest BCUT2D eigenvalue weighted by molar-refractivity contribution is 6.35. The Morgan fingerprint density at radius 3 is 2.52 bits per heavy atom. The summed E-state index contributed by atoms with van der Waals surface area (Å²) >= 11 is 11.9. The third kappa shape index (κ3) is 5.18. The molecule has 3 rings (SSSR count). The van der Waals surface area contributed by atoms with Crippen molar-refractivity contribution < 1.29 is 9.18 Å². The summed E-state index contributed by atoms with van der Waals surface area (Å²) in [6.45, 7) is 2.33. The van der Waals surface area contributed by atoms with Gasteiger partial charge in [-0.05, 0) is 55.3 Å². The Bertz CT molecular complexity index is 731. The quantitative estimate of drug-likeness (QED) is 0.810. The van der Waals surface area contributed by atoms with Crippen molar-refractivity contribution in [3.63, 3.8) is 0 Å². The molecule has 1 saturated heterocycles. The second-order valence-electron chi connectivity index (χ2n) is 6.35. The summed E-state index contributed by atoms with van der Waals surface area (Å²) < 4.78 is 13.0. The van der Waals surface area contributed by atoms with Gasteiger partial charge in [0.2, 0.25) is 5.91 Å². The predicted molar refractivity (Wildman–Crippen MR) is 99.5 cm³/mol.